The molecule has 2 aromatic heterocycles. The lowest BCUT2D eigenvalue weighted by atomic mass is 10.2. The molecule has 0 saturated carbocycles. The Morgan fingerprint density at radius 2 is 1.75 bits per heavy atom. The summed E-state index contributed by atoms with van der Waals surface area (Å²) < 4.78 is 54.0. The molecule has 0 aliphatic heterocycles. The van der Waals surface area contributed by atoms with E-state index in [2.05, 4.69) is 10.3 Å². The third-order valence-electron chi connectivity index (χ3n) is 4.80. The molecule has 0 aliphatic rings. The molecule has 164 valence electrons. The molecule has 0 aliphatic carbocycles. The predicted octanol–water partition coefficient (Wildman–Crippen LogP) is 3.43. The first kappa shape index (κ1) is 21.1. The molecule has 7 nitrogen and oxygen atoms in total. The number of carbonyl (C=O) groups is 1. The molecule has 32 heavy (non-hydrogen) atoms. The molecule has 2 heterocycles. The fourth-order valence-corrected chi connectivity index (χ4v) is 3.34. The average molecular weight is 446 g/mol. The molecule has 1 amide bonds. The summed E-state index contributed by atoms with van der Waals surface area (Å²) in [6.07, 6.45) is -3.31. The molecular formula is C21H14F4N4O3. The Morgan fingerprint density at radius 3 is 2.41 bits per heavy atom. The summed E-state index contributed by atoms with van der Waals surface area (Å²) in [7, 11) is 1.47. The molecule has 11 heteroatoms. The number of aryl methyl sites for hydroxylation is 1. The number of hydrogen-bond acceptors (Lipinski definition) is 3. The van der Waals surface area contributed by atoms with Gasteiger partial charge in [-0.2, -0.15) is 13.2 Å². The number of hydrogen-bond donors (Lipinski definition) is 2. The van der Waals surface area contributed by atoms with Crippen molar-refractivity contribution in [3.05, 3.63) is 92.5 Å². The summed E-state index contributed by atoms with van der Waals surface area (Å²) in [4.78, 5) is 40.8. The molecule has 0 spiro atoms. The molecule has 4 rings (SSSR count). The number of anilines is 1. The first-order valence-corrected chi connectivity index (χ1v) is 9.15. The standard InChI is InChI=1S/C21H14F4N4O3/c1-28-10-15(18(30)26-13-4-2-3-11(9-13)21(23,24)25)16-17(28)19(31)29(20(32)27-16)14-7-5-12(22)6-8-14/h2-10H,1H3,(H,26,30)(H,27,32). The molecular weight excluding hydrogens is 432 g/mol. The van der Waals surface area contributed by atoms with Crippen LogP contribution in [0.25, 0.3) is 16.7 Å². The van der Waals surface area contributed by atoms with Crippen LogP contribution < -0.4 is 16.6 Å². The smallest absolute Gasteiger partial charge is 0.344 e. The van der Waals surface area contributed by atoms with E-state index in [1.54, 1.807) is 0 Å². The van der Waals surface area contributed by atoms with Gasteiger partial charge in [-0.05, 0) is 42.5 Å². The van der Waals surface area contributed by atoms with E-state index in [1.807, 2.05) is 0 Å². The van der Waals surface area contributed by atoms with E-state index in [0.717, 1.165) is 34.9 Å². The number of halogens is 4. The number of fused-ring (bicyclic) bond motifs is 1. The van der Waals surface area contributed by atoms with Gasteiger partial charge < -0.3 is 14.9 Å². The molecule has 0 fully saturated rings. The number of amides is 1. The fraction of sp³-hybridized carbons (Fsp3) is 0.0952. The van der Waals surface area contributed by atoms with Crippen LogP contribution >= 0.6 is 0 Å². The summed E-state index contributed by atoms with van der Waals surface area (Å²) in [6.45, 7) is 0. The van der Waals surface area contributed by atoms with Gasteiger partial charge in [0.05, 0.1) is 22.3 Å². The van der Waals surface area contributed by atoms with Gasteiger partial charge >= 0.3 is 11.9 Å². The van der Waals surface area contributed by atoms with Crippen LogP contribution in [0.5, 0.6) is 0 Å². The van der Waals surface area contributed by atoms with Gasteiger partial charge in [-0.3, -0.25) is 9.59 Å². The number of nitrogens with zero attached hydrogens (tertiary/aromatic N) is 2. The van der Waals surface area contributed by atoms with Crippen LogP contribution in [0, 0.1) is 5.82 Å². The fourth-order valence-electron chi connectivity index (χ4n) is 3.34. The van der Waals surface area contributed by atoms with Crippen molar-refractivity contribution in [1.82, 2.24) is 14.1 Å². The van der Waals surface area contributed by atoms with Crippen molar-refractivity contribution in [2.75, 3.05) is 5.32 Å². The number of aromatic nitrogens is 3. The van der Waals surface area contributed by atoms with Crippen LogP contribution in [0.15, 0.2) is 64.3 Å². The minimum Gasteiger partial charge on any atom is -0.344 e. The SMILES string of the molecule is Cn1cc(C(=O)Nc2cccc(C(F)(F)F)c2)c2[nH]c(=O)n(-c3ccc(F)cc3)c(=O)c21. The van der Waals surface area contributed by atoms with Crippen LogP contribution in [0.2, 0.25) is 0 Å². The van der Waals surface area contributed by atoms with Crippen molar-refractivity contribution >= 4 is 22.6 Å². The molecule has 0 saturated heterocycles. The van der Waals surface area contributed by atoms with E-state index in [9.17, 15) is 31.9 Å². The van der Waals surface area contributed by atoms with Gasteiger partial charge in [-0.1, -0.05) is 6.07 Å². The zero-order valence-electron chi connectivity index (χ0n) is 16.3. The zero-order valence-corrected chi connectivity index (χ0v) is 16.3. The lowest BCUT2D eigenvalue weighted by Gasteiger charge is -2.09. The lowest BCUT2D eigenvalue weighted by molar-refractivity contribution is -0.137. The number of H-pyrrole nitrogens is 1. The number of alkyl halides is 3. The second-order valence-electron chi connectivity index (χ2n) is 6.96. The second-order valence-corrected chi connectivity index (χ2v) is 6.96. The van der Waals surface area contributed by atoms with Crippen molar-refractivity contribution in [1.29, 1.82) is 0 Å². The third kappa shape index (κ3) is 3.68. The van der Waals surface area contributed by atoms with Crippen LogP contribution in [-0.2, 0) is 13.2 Å². The largest absolute Gasteiger partial charge is 0.416 e. The van der Waals surface area contributed by atoms with Gasteiger partial charge in [0, 0.05) is 18.9 Å². The maximum Gasteiger partial charge on any atom is 0.416 e. The topological polar surface area (TPSA) is 88.9 Å². The highest BCUT2D eigenvalue weighted by atomic mass is 19.4. The predicted molar refractivity (Wildman–Crippen MR) is 108 cm³/mol. The van der Waals surface area contributed by atoms with Crippen LogP contribution in [0.3, 0.4) is 0 Å². The van der Waals surface area contributed by atoms with Crippen molar-refractivity contribution in [2.45, 2.75) is 6.18 Å². The van der Waals surface area contributed by atoms with E-state index in [-0.39, 0.29) is 28.0 Å². The Kier molecular flexibility index (Phi) is 4.96. The highest BCUT2D eigenvalue weighted by molar-refractivity contribution is 6.11. The first-order chi connectivity index (χ1) is 15.1. The Morgan fingerprint density at radius 1 is 1.06 bits per heavy atom. The van der Waals surface area contributed by atoms with Gasteiger partial charge in [-0.15, -0.1) is 0 Å². The number of aromatic amines is 1. The zero-order chi connectivity index (χ0) is 23.2. The van der Waals surface area contributed by atoms with Crippen molar-refractivity contribution in [2.24, 2.45) is 7.05 Å². The van der Waals surface area contributed by atoms with E-state index >= 15 is 0 Å². The second kappa shape index (κ2) is 7.52. The van der Waals surface area contributed by atoms with E-state index in [4.69, 9.17) is 0 Å². The van der Waals surface area contributed by atoms with Crippen LogP contribution in [0.4, 0.5) is 23.2 Å². The maximum atomic E-state index is 13.2. The van der Waals surface area contributed by atoms with E-state index in [1.165, 1.54) is 36.0 Å². The van der Waals surface area contributed by atoms with Gasteiger partial charge in [-0.25, -0.2) is 13.8 Å². The van der Waals surface area contributed by atoms with Gasteiger partial charge in [0.2, 0.25) is 0 Å². The number of benzene rings is 2. The Balaban J connectivity index is 1.78. The lowest BCUT2D eigenvalue weighted by Crippen LogP contribution is -2.34. The molecule has 0 radical (unpaired) electrons. The monoisotopic (exact) mass is 446 g/mol. The normalized spacial score (nSPS) is 11.7. The van der Waals surface area contributed by atoms with Crippen molar-refractivity contribution in [3.8, 4) is 5.69 Å². The Hall–Kier alpha value is -4.15. The Bertz CT molecular complexity index is 1460. The molecule has 2 N–H and O–H groups in total. The van der Waals surface area contributed by atoms with Gasteiger partial charge in [0.15, 0.2) is 0 Å². The van der Waals surface area contributed by atoms with Crippen LogP contribution in [-0.4, -0.2) is 20.0 Å². The first-order valence-electron chi connectivity index (χ1n) is 9.15. The summed E-state index contributed by atoms with van der Waals surface area (Å²) >= 11 is 0. The van der Waals surface area contributed by atoms with Crippen molar-refractivity contribution in [3.63, 3.8) is 0 Å². The summed E-state index contributed by atoms with van der Waals surface area (Å²) in [5.41, 5.74) is -2.76. The number of nitrogens with one attached hydrogen (secondary N) is 2. The summed E-state index contributed by atoms with van der Waals surface area (Å²) in [5, 5.41) is 2.34. The highest BCUT2D eigenvalue weighted by Gasteiger charge is 2.30. The van der Waals surface area contributed by atoms with E-state index in [0.29, 0.717) is 0 Å². The summed E-state index contributed by atoms with van der Waals surface area (Å²) in [6, 6.07) is 8.74. The van der Waals surface area contributed by atoms with Crippen molar-refractivity contribution < 1.29 is 22.4 Å². The third-order valence-corrected chi connectivity index (χ3v) is 4.80. The molecule has 2 aromatic carbocycles. The Labute approximate surface area is 176 Å². The molecule has 0 bridgehead atoms. The quantitative estimate of drug-likeness (QED) is 0.473. The molecule has 4 aromatic rings. The molecule has 0 atom stereocenters. The average Bonchev–Trinajstić information content (AvgIpc) is 3.05. The maximum absolute atomic E-state index is 13.2. The minimum absolute atomic E-state index is 0.0249. The minimum atomic E-state index is -4.59. The summed E-state index contributed by atoms with van der Waals surface area (Å²) in [5.74, 6) is -1.36. The highest BCUT2D eigenvalue weighted by Crippen LogP contribution is 2.31. The van der Waals surface area contributed by atoms with Gasteiger partial charge in [0.25, 0.3) is 11.5 Å². The van der Waals surface area contributed by atoms with E-state index < -0.39 is 34.7 Å². The molecule has 0 unspecified atom stereocenters. The van der Waals surface area contributed by atoms with Crippen LogP contribution in [0.1, 0.15) is 15.9 Å². The van der Waals surface area contributed by atoms with Gasteiger partial charge in [0.1, 0.15) is 11.3 Å². The number of carbonyl (C=O) groups excluding carboxylic acids is 1. The number of rotatable bonds is 3.